The highest BCUT2D eigenvalue weighted by Gasteiger charge is 2.23. The smallest absolute Gasteiger partial charge is 0.269 e. The molecule has 0 saturated carbocycles. The minimum Gasteiger partial charge on any atom is -0.396 e. The van der Waals surface area contributed by atoms with E-state index in [0.29, 0.717) is 39.0 Å². The molecule has 0 aliphatic carbocycles. The van der Waals surface area contributed by atoms with Crippen molar-refractivity contribution >= 4 is 64.2 Å². The van der Waals surface area contributed by atoms with Crippen molar-refractivity contribution < 1.29 is 14.7 Å². The Balaban J connectivity index is 1.62. The zero-order valence-electron chi connectivity index (χ0n) is 22.0. The summed E-state index contributed by atoms with van der Waals surface area (Å²) in [6.45, 7) is 7.85. The van der Waals surface area contributed by atoms with Gasteiger partial charge in [-0.15, -0.1) is 11.3 Å². The Morgan fingerprint density at radius 2 is 2.00 bits per heavy atom. The number of allylic oxidation sites excluding steroid dienone is 1. The molecule has 0 fully saturated rings. The number of rotatable bonds is 9. The molecule has 2 aromatic rings. The molecule has 1 amide bonds. The van der Waals surface area contributed by atoms with E-state index in [9.17, 15) is 9.59 Å². The first kappa shape index (κ1) is 30.5. The molecule has 1 aliphatic rings. The van der Waals surface area contributed by atoms with E-state index in [0.717, 1.165) is 0 Å². The number of aliphatic imine (C=N–C) groups is 2. The second-order valence-corrected chi connectivity index (χ2v) is 11.4. The maximum atomic E-state index is 12.9. The second-order valence-electron chi connectivity index (χ2n) is 9.54. The molecule has 1 unspecified atom stereocenters. The van der Waals surface area contributed by atoms with Crippen LogP contribution in [0.15, 0.2) is 33.0 Å². The van der Waals surface area contributed by atoms with Gasteiger partial charge in [-0.05, 0) is 19.3 Å². The van der Waals surface area contributed by atoms with E-state index in [1.54, 1.807) is 0 Å². The molecule has 0 saturated heterocycles. The number of amides is 1. The number of aromatic nitrogens is 3. The number of anilines is 1. The molecule has 0 spiro atoms. The molecule has 3 N–H and O–H groups in total. The highest BCUT2D eigenvalue weighted by atomic mass is 35.5. The van der Waals surface area contributed by atoms with Gasteiger partial charge in [0.15, 0.2) is 5.78 Å². The van der Waals surface area contributed by atoms with Crippen LogP contribution in [0, 0.1) is 11.8 Å². The molecule has 0 radical (unpaired) electrons. The highest BCUT2D eigenvalue weighted by Crippen LogP contribution is 2.28. The lowest BCUT2D eigenvalue weighted by Crippen LogP contribution is -2.28. The van der Waals surface area contributed by atoms with Crippen LogP contribution in [0.4, 0.5) is 5.95 Å². The van der Waals surface area contributed by atoms with Crippen molar-refractivity contribution in [1.82, 2.24) is 20.3 Å². The van der Waals surface area contributed by atoms with Gasteiger partial charge >= 0.3 is 0 Å². The number of hydrogen-bond acceptors (Lipinski definition) is 10. The number of aliphatic hydroxyl groups is 1. The summed E-state index contributed by atoms with van der Waals surface area (Å²) in [5, 5.41) is 15.9. The molecule has 2 aromatic heterocycles. The third-order valence-electron chi connectivity index (χ3n) is 5.36. The van der Waals surface area contributed by atoms with E-state index in [4.69, 9.17) is 28.3 Å². The van der Waals surface area contributed by atoms with Crippen LogP contribution in [-0.4, -0.2) is 63.5 Å². The standard InChI is InChI=1S/C26H29Cl2N7O3S/c1-15(30-12-19(37)16-10-29-14-33-18(21(16)28)8-6-5-7-9-36)24-31-13-20(39-24)23(38)35-25-32-11-17(27)22(34-25)26(2,3)4/h11,13-15,30,36H,5,7,9-10,12H2,1-4H3,(H,32,34,35,38). The summed E-state index contributed by atoms with van der Waals surface area (Å²) in [5.74, 6) is 5.22. The predicted octanol–water partition coefficient (Wildman–Crippen LogP) is 4.11. The van der Waals surface area contributed by atoms with Gasteiger partial charge in [-0.2, -0.15) is 0 Å². The minimum atomic E-state index is -0.399. The van der Waals surface area contributed by atoms with Crippen LogP contribution in [-0.2, 0) is 10.2 Å². The van der Waals surface area contributed by atoms with Crippen molar-refractivity contribution in [2.24, 2.45) is 9.98 Å². The van der Waals surface area contributed by atoms with Gasteiger partial charge in [0.2, 0.25) is 5.95 Å². The summed E-state index contributed by atoms with van der Waals surface area (Å²) in [7, 11) is 0. The Morgan fingerprint density at radius 3 is 2.72 bits per heavy atom. The van der Waals surface area contributed by atoms with Crippen LogP contribution in [0.5, 0.6) is 0 Å². The van der Waals surface area contributed by atoms with Crippen LogP contribution in [0.2, 0.25) is 5.02 Å². The van der Waals surface area contributed by atoms with Crippen molar-refractivity contribution in [2.45, 2.75) is 52.0 Å². The Hall–Kier alpha value is -3.01. The molecule has 0 aromatic carbocycles. The Labute approximate surface area is 241 Å². The molecule has 1 atom stereocenters. The minimum absolute atomic E-state index is 0.0250. The van der Waals surface area contributed by atoms with Crippen molar-refractivity contribution in [3.63, 3.8) is 0 Å². The molecule has 3 heterocycles. The van der Waals surface area contributed by atoms with Crippen LogP contribution >= 0.6 is 34.5 Å². The molecule has 0 bridgehead atoms. The van der Waals surface area contributed by atoms with Crippen molar-refractivity contribution in [3.8, 4) is 11.8 Å². The van der Waals surface area contributed by atoms with Gasteiger partial charge in [0.1, 0.15) is 21.9 Å². The Bertz CT molecular complexity index is 1380. The number of thiazole rings is 1. The van der Waals surface area contributed by atoms with Crippen molar-refractivity contribution in [1.29, 1.82) is 0 Å². The molecule has 206 valence electrons. The third-order valence-corrected chi connectivity index (χ3v) is 7.22. The van der Waals surface area contributed by atoms with Gasteiger partial charge in [0.05, 0.1) is 47.3 Å². The van der Waals surface area contributed by atoms with Crippen LogP contribution in [0.1, 0.15) is 67.0 Å². The summed E-state index contributed by atoms with van der Waals surface area (Å²) < 4.78 is 0. The monoisotopic (exact) mass is 589 g/mol. The van der Waals surface area contributed by atoms with E-state index in [-0.39, 0.29) is 53.6 Å². The number of unbranched alkanes of at least 4 members (excludes halogenated alkanes) is 1. The van der Waals surface area contributed by atoms with Crippen molar-refractivity contribution in [2.75, 3.05) is 25.0 Å². The maximum absolute atomic E-state index is 12.9. The molecular weight excluding hydrogens is 561 g/mol. The summed E-state index contributed by atoms with van der Waals surface area (Å²) in [5.41, 5.74) is 0.879. The average Bonchev–Trinajstić information content (AvgIpc) is 3.32. The van der Waals surface area contributed by atoms with Gasteiger partial charge in [-0.3, -0.25) is 19.9 Å². The first-order valence-electron chi connectivity index (χ1n) is 12.1. The summed E-state index contributed by atoms with van der Waals surface area (Å²) in [6.07, 6.45) is 5.28. The lowest BCUT2D eigenvalue weighted by Gasteiger charge is -2.19. The Kier molecular flexibility index (Phi) is 10.9. The predicted molar refractivity (Wildman–Crippen MR) is 155 cm³/mol. The van der Waals surface area contributed by atoms with Gasteiger partial charge in [0, 0.05) is 24.0 Å². The van der Waals surface area contributed by atoms with Crippen LogP contribution in [0.25, 0.3) is 0 Å². The number of aliphatic hydroxyl groups excluding tert-OH is 1. The Morgan fingerprint density at radius 1 is 1.23 bits per heavy atom. The highest BCUT2D eigenvalue weighted by molar-refractivity contribution is 7.13. The van der Waals surface area contributed by atoms with E-state index >= 15 is 0 Å². The first-order chi connectivity index (χ1) is 18.5. The van der Waals surface area contributed by atoms with Crippen molar-refractivity contribution in [3.05, 3.63) is 43.6 Å². The normalized spacial score (nSPS) is 14.3. The molecule has 3 rings (SSSR count). The molecule has 1 aliphatic heterocycles. The molecule has 39 heavy (non-hydrogen) atoms. The quantitative estimate of drug-likeness (QED) is 0.295. The largest absolute Gasteiger partial charge is 0.396 e. The number of carbonyl (C=O) groups excluding carboxylic acids is 2. The first-order valence-corrected chi connectivity index (χ1v) is 13.7. The summed E-state index contributed by atoms with van der Waals surface area (Å²) in [4.78, 5) is 47.1. The third kappa shape index (κ3) is 8.49. The number of carbonyl (C=O) groups is 2. The number of ketones is 1. The fourth-order valence-electron chi connectivity index (χ4n) is 3.26. The van der Waals surface area contributed by atoms with Gasteiger partial charge in [-0.25, -0.2) is 19.9 Å². The number of nitrogens with zero attached hydrogens (tertiary/aromatic N) is 5. The van der Waals surface area contributed by atoms with E-state index in [1.165, 1.54) is 30.1 Å². The summed E-state index contributed by atoms with van der Waals surface area (Å²) in [6, 6.07) is -0.320. The lowest BCUT2D eigenvalue weighted by atomic mass is 9.92. The average molecular weight is 591 g/mol. The van der Waals surface area contributed by atoms with E-state index in [1.807, 2.05) is 27.7 Å². The fourth-order valence-corrected chi connectivity index (χ4v) is 4.74. The van der Waals surface area contributed by atoms with Gasteiger partial charge < -0.3 is 10.4 Å². The van der Waals surface area contributed by atoms with E-state index < -0.39 is 5.91 Å². The number of hydrogen-bond donors (Lipinski definition) is 3. The van der Waals surface area contributed by atoms with E-state index in [2.05, 4.69) is 47.4 Å². The number of halogens is 2. The number of nitrogens with one attached hydrogen (secondary N) is 2. The van der Waals surface area contributed by atoms with Crippen LogP contribution in [0.3, 0.4) is 0 Å². The van der Waals surface area contributed by atoms with Gasteiger partial charge in [0.25, 0.3) is 5.91 Å². The van der Waals surface area contributed by atoms with Crippen LogP contribution < -0.4 is 10.6 Å². The zero-order chi connectivity index (χ0) is 28.6. The molecule has 10 nitrogen and oxygen atoms in total. The summed E-state index contributed by atoms with van der Waals surface area (Å²) >= 11 is 13.8. The maximum Gasteiger partial charge on any atom is 0.269 e. The molecule has 13 heteroatoms. The number of Topliss-reactive ketones (excluding diaryl/α,β-unsaturated/α-hetero) is 1. The SMILES string of the molecule is CC(NCC(=O)C1=C(Cl)C(C#CCCCO)=NC=NC1)c1ncc(C(=O)Nc2ncc(Cl)c(C(C)(C)C)n2)s1. The lowest BCUT2D eigenvalue weighted by molar-refractivity contribution is -0.114. The zero-order valence-corrected chi connectivity index (χ0v) is 24.3. The molecular formula is C26H29Cl2N7O3S. The van der Waals surface area contributed by atoms with Gasteiger partial charge in [-0.1, -0.05) is 49.9 Å². The second kappa shape index (κ2) is 13.9. The fraction of sp³-hybridized carbons (Fsp3) is 0.423. The topological polar surface area (TPSA) is 142 Å².